The van der Waals surface area contributed by atoms with Gasteiger partial charge in [-0.1, -0.05) is 0 Å². The normalized spacial score (nSPS) is 17.8. The maximum absolute atomic E-state index is 5.98. The summed E-state index contributed by atoms with van der Waals surface area (Å²) >= 11 is 0. The van der Waals surface area contributed by atoms with Crippen LogP contribution in [0.25, 0.3) is 0 Å². The van der Waals surface area contributed by atoms with Gasteiger partial charge in [-0.2, -0.15) is 0 Å². The molecular formula is C11H20N4. The summed E-state index contributed by atoms with van der Waals surface area (Å²) in [7, 11) is 0. The molecule has 0 bridgehead atoms. The van der Waals surface area contributed by atoms with Crippen LogP contribution in [-0.2, 0) is 13.1 Å². The van der Waals surface area contributed by atoms with Gasteiger partial charge in [0, 0.05) is 37.6 Å². The summed E-state index contributed by atoms with van der Waals surface area (Å²) < 4.78 is 2.23. The van der Waals surface area contributed by atoms with Gasteiger partial charge in [0.1, 0.15) is 5.82 Å². The topological polar surface area (TPSA) is 47.1 Å². The molecule has 2 heterocycles. The molecule has 0 fully saturated rings. The van der Waals surface area contributed by atoms with Crippen LogP contribution in [0.4, 0.5) is 0 Å². The van der Waals surface area contributed by atoms with Crippen molar-refractivity contribution in [3.63, 3.8) is 0 Å². The first kappa shape index (κ1) is 10.6. The van der Waals surface area contributed by atoms with Gasteiger partial charge in [0.15, 0.2) is 0 Å². The fraction of sp³-hybridized carbons (Fsp3) is 0.727. The summed E-state index contributed by atoms with van der Waals surface area (Å²) in [6.45, 7) is 8.36. The molecule has 0 amide bonds. The summed E-state index contributed by atoms with van der Waals surface area (Å²) in [6, 6.07) is 0. The Balaban J connectivity index is 1.88. The molecule has 1 aromatic heterocycles. The lowest BCUT2D eigenvalue weighted by atomic mass is 10.0. The third kappa shape index (κ3) is 2.79. The van der Waals surface area contributed by atoms with Gasteiger partial charge in [0.05, 0.1) is 6.54 Å². The van der Waals surface area contributed by atoms with E-state index in [9.17, 15) is 0 Å². The Morgan fingerprint density at radius 3 is 3.00 bits per heavy atom. The second-order valence-electron chi connectivity index (χ2n) is 5.05. The zero-order valence-electron chi connectivity index (χ0n) is 9.61. The number of fused-ring (bicyclic) bond motifs is 1. The Morgan fingerprint density at radius 2 is 2.27 bits per heavy atom. The van der Waals surface area contributed by atoms with E-state index < -0.39 is 0 Å². The molecule has 0 aromatic carbocycles. The van der Waals surface area contributed by atoms with Crippen LogP contribution in [-0.4, -0.2) is 33.1 Å². The minimum atomic E-state index is -0.0626. The monoisotopic (exact) mass is 208 g/mol. The Kier molecular flexibility index (Phi) is 2.80. The first-order chi connectivity index (χ1) is 7.04. The van der Waals surface area contributed by atoms with Crippen molar-refractivity contribution in [2.24, 2.45) is 5.73 Å². The number of nitrogens with two attached hydrogens (primary N) is 1. The van der Waals surface area contributed by atoms with Gasteiger partial charge in [0.2, 0.25) is 0 Å². The average molecular weight is 208 g/mol. The number of hydrogen-bond acceptors (Lipinski definition) is 3. The SMILES string of the molecule is CC(C)(N)CCN1CCn2ccnc2C1. The molecule has 4 nitrogen and oxygen atoms in total. The molecule has 4 heteroatoms. The van der Waals surface area contributed by atoms with Crippen LogP contribution in [0.5, 0.6) is 0 Å². The van der Waals surface area contributed by atoms with E-state index in [1.807, 2.05) is 6.20 Å². The van der Waals surface area contributed by atoms with Crippen molar-refractivity contribution in [2.45, 2.75) is 38.9 Å². The molecule has 0 spiro atoms. The van der Waals surface area contributed by atoms with Gasteiger partial charge in [-0.3, -0.25) is 4.90 Å². The van der Waals surface area contributed by atoms with Crippen molar-refractivity contribution in [1.29, 1.82) is 0 Å². The van der Waals surface area contributed by atoms with E-state index in [0.29, 0.717) is 0 Å². The summed E-state index contributed by atoms with van der Waals surface area (Å²) in [4.78, 5) is 6.77. The summed E-state index contributed by atoms with van der Waals surface area (Å²) in [5, 5.41) is 0. The molecule has 84 valence electrons. The molecule has 0 saturated heterocycles. The predicted molar refractivity (Wildman–Crippen MR) is 60.4 cm³/mol. The van der Waals surface area contributed by atoms with E-state index in [1.165, 1.54) is 5.82 Å². The maximum Gasteiger partial charge on any atom is 0.122 e. The van der Waals surface area contributed by atoms with Gasteiger partial charge in [-0.15, -0.1) is 0 Å². The molecule has 2 rings (SSSR count). The van der Waals surface area contributed by atoms with E-state index in [4.69, 9.17) is 5.73 Å². The van der Waals surface area contributed by atoms with Crippen molar-refractivity contribution in [2.75, 3.05) is 13.1 Å². The van der Waals surface area contributed by atoms with Crippen LogP contribution in [0.2, 0.25) is 0 Å². The van der Waals surface area contributed by atoms with E-state index in [0.717, 1.165) is 32.6 Å². The van der Waals surface area contributed by atoms with Gasteiger partial charge < -0.3 is 10.3 Å². The highest BCUT2D eigenvalue weighted by molar-refractivity contribution is 4.95. The highest BCUT2D eigenvalue weighted by Gasteiger charge is 2.18. The second kappa shape index (κ2) is 3.94. The molecule has 0 saturated carbocycles. The number of rotatable bonds is 3. The molecule has 1 aliphatic heterocycles. The van der Waals surface area contributed by atoms with Crippen LogP contribution in [0.1, 0.15) is 26.1 Å². The zero-order valence-corrected chi connectivity index (χ0v) is 9.61. The summed E-state index contributed by atoms with van der Waals surface area (Å²) in [5.74, 6) is 1.18. The molecule has 2 N–H and O–H groups in total. The fourth-order valence-corrected chi connectivity index (χ4v) is 1.86. The van der Waals surface area contributed by atoms with Gasteiger partial charge in [-0.25, -0.2) is 4.98 Å². The fourth-order valence-electron chi connectivity index (χ4n) is 1.86. The quantitative estimate of drug-likeness (QED) is 0.800. The third-order valence-electron chi connectivity index (χ3n) is 2.90. The Labute approximate surface area is 91.1 Å². The van der Waals surface area contributed by atoms with Crippen molar-refractivity contribution in [1.82, 2.24) is 14.5 Å². The highest BCUT2D eigenvalue weighted by Crippen LogP contribution is 2.12. The lowest BCUT2D eigenvalue weighted by Gasteiger charge is -2.30. The van der Waals surface area contributed by atoms with Crippen LogP contribution in [0.3, 0.4) is 0 Å². The van der Waals surface area contributed by atoms with Crippen LogP contribution in [0.15, 0.2) is 12.4 Å². The average Bonchev–Trinajstić information content (AvgIpc) is 2.60. The van der Waals surface area contributed by atoms with E-state index in [2.05, 4.69) is 34.5 Å². The standard InChI is InChI=1S/C11H20N4/c1-11(2,12)3-5-14-7-8-15-6-4-13-10(15)9-14/h4,6H,3,5,7-9,12H2,1-2H3. The molecule has 15 heavy (non-hydrogen) atoms. The molecular weight excluding hydrogens is 188 g/mol. The largest absolute Gasteiger partial charge is 0.333 e. The first-order valence-corrected chi connectivity index (χ1v) is 5.56. The molecule has 0 radical (unpaired) electrons. The van der Waals surface area contributed by atoms with Crippen molar-refractivity contribution >= 4 is 0 Å². The zero-order chi connectivity index (χ0) is 10.9. The van der Waals surface area contributed by atoms with Crippen LogP contribution < -0.4 is 5.73 Å². The number of nitrogens with zero attached hydrogens (tertiary/aromatic N) is 3. The minimum Gasteiger partial charge on any atom is -0.333 e. The van der Waals surface area contributed by atoms with Gasteiger partial charge >= 0.3 is 0 Å². The number of imidazole rings is 1. The number of aromatic nitrogens is 2. The van der Waals surface area contributed by atoms with E-state index in [1.54, 1.807) is 0 Å². The number of hydrogen-bond donors (Lipinski definition) is 1. The maximum atomic E-state index is 5.98. The van der Waals surface area contributed by atoms with Crippen molar-refractivity contribution in [3.05, 3.63) is 18.2 Å². The molecule has 1 aromatic rings. The predicted octanol–water partition coefficient (Wildman–Crippen LogP) is 0.826. The lowest BCUT2D eigenvalue weighted by molar-refractivity contribution is 0.200. The van der Waals surface area contributed by atoms with E-state index in [-0.39, 0.29) is 5.54 Å². The Hall–Kier alpha value is -0.870. The van der Waals surface area contributed by atoms with Crippen molar-refractivity contribution < 1.29 is 0 Å². The third-order valence-corrected chi connectivity index (χ3v) is 2.90. The first-order valence-electron chi connectivity index (χ1n) is 5.56. The van der Waals surface area contributed by atoms with Gasteiger partial charge in [-0.05, 0) is 20.3 Å². The minimum absolute atomic E-state index is 0.0626. The summed E-state index contributed by atoms with van der Waals surface area (Å²) in [5.41, 5.74) is 5.92. The molecule has 1 aliphatic rings. The highest BCUT2D eigenvalue weighted by atomic mass is 15.2. The van der Waals surface area contributed by atoms with Crippen LogP contribution in [0, 0.1) is 0 Å². The van der Waals surface area contributed by atoms with Crippen LogP contribution >= 0.6 is 0 Å². The van der Waals surface area contributed by atoms with Gasteiger partial charge in [0.25, 0.3) is 0 Å². The van der Waals surface area contributed by atoms with Crippen molar-refractivity contribution in [3.8, 4) is 0 Å². The lowest BCUT2D eigenvalue weighted by Crippen LogP contribution is -2.40. The Bertz CT molecular complexity index is 324. The molecule has 0 unspecified atom stereocenters. The molecule has 0 atom stereocenters. The smallest absolute Gasteiger partial charge is 0.122 e. The summed E-state index contributed by atoms with van der Waals surface area (Å²) in [6.07, 6.45) is 4.97. The molecule has 0 aliphatic carbocycles. The van der Waals surface area contributed by atoms with E-state index >= 15 is 0 Å². The Morgan fingerprint density at radius 1 is 1.47 bits per heavy atom. The second-order valence-corrected chi connectivity index (χ2v) is 5.05.